The van der Waals surface area contributed by atoms with E-state index in [4.69, 9.17) is 15.0 Å². The molecule has 0 aliphatic heterocycles. The molecule has 0 N–H and O–H groups in total. The van der Waals surface area contributed by atoms with Crippen LogP contribution in [0.3, 0.4) is 0 Å². The summed E-state index contributed by atoms with van der Waals surface area (Å²) >= 11 is 0. The highest BCUT2D eigenvalue weighted by molar-refractivity contribution is 6.11. The van der Waals surface area contributed by atoms with Crippen LogP contribution >= 0.6 is 0 Å². The van der Waals surface area contributed by atoms with Crippen LogP contribution in [0.2, 0.25) is 0 Å². The lowest BCUT2D eigenvalue weighted by molar-refractivity contribution is 0.666. The number of benzene rings is 10. The van der Waals surface area contributed by atoms with E-state index in [-0.39, 0.29) is 5.41 Å². The second-order valence-corrected chi connectivity index (χ2v) is 18.2. The Labute approximate surface area is 384 Å². The number of hydrogen-bond donors (Lipinski definition) is 0. The molecular weight excluding hydrogens is 799 g/mol. The summed E-state index contributed by atoms with van der Waals surface area (Å²) in [6.45, 7) is 4.73. The van der Waals surface area contributed by atoms with E-state index in [0.29, 0.717) is 17.5 Å². The lowest BCUT2D eigenvalue weighted by atomic mass is 9.67. The van der Waals surface area contributed by atoms with Gasteiger partial charge in [-0.05, 0) is 100 Å². The Morgan fingerprint density at radius 3 is 1.45 bits per heavy atom. The van der Waals surface area contributed by atoms with Crippen molar-refractivity contribution in [3.8, 4) is 67.5 Å². The summed E-state index contributed by atoms with van der Waals surface area (Å²) in [4.78, 5) is 16.0. The Morgan fingerprint density at radius 2 is 0.742 bits per heavy atom. The first-order chi connectivity index (χ1) is 32.5. The summed E-state index contributed by atoms with van der Waals surface area (Å²) in [7, 11) is 0. The fourth-order valence-electron chi connectivity index (χ4n) is 11.5. The molecule has 13 rings (SSSR count). The van der Waals surface area contributed by atoms with Gasteiger partial charge < -0.3 is 0 Å². The van der Waals surface area contributed by atoms with E-state index in [9.17, 15) is 0 Å². The van der Waals surface area contributed by atoms with Crippen molar-refractivity contribution in [3.05, 3.63) is 258 Å². The van der Waals surface area contributed by atoms with Crippen molar-refractivity contribution in [2.45, 2.75) is 24.7 Å². The number of nitrogens with zero attached hydrogens (tertiary/aromatic N) is 3. The molecule has 0 saturated carbocycles. The molecule has 0 saturated heterocycles. The number of hydrogen-bond acceptors (Lipinski definition) is 3. The van der Waals surface area contributed by atoms with Crippen LogP contribution in [0.15, 0.2) is 224 Å². The van der Waals surface area contributed by atoms with E-state index < -0.39 is 5.41 Å². The van der Waals surface area contributed by atoms with Crippen molar-refractivity contribution in [2.75, 3.05) is 0 Å². The molecule has 10 aromatic carbocycles. The Morgan fingerprint density at radius 1 is 0.288 bits per heavy atom. The van der Waals surface area contributed by atoms with Crippen LogP contribution in [0.4, 0.5) is 0 Å². The van der Waals surface area contributed by atoms with Crippen LogP contribution in [0.25, 0.3) is 89.1 Å². The van der Waals surface area contributed by atoms with Crippen molar-refractivity contribution in [3.63, 3.8) is 0 Å². The highest BCUT2D eigenvalue weighted by Crippen LogP contribution is 2.57. The number of aromatic nitrogens is 3. The maximum absolute atomic E-state index is 5.42. The molecule has 1 aromatic heterocycles. The van der Waals surface area contributed by atoms with Gasteiger partial charge in [0.05, 0.1) is 5.41 Å². The van der Waals surface area contributed by atoms with Crippen LogP contribution in [-0.2, 0) is 10.8 Å². The first-order valence-corrected chi connectivity index (χ1v) is 22.9. The first kappa shape index (κ1) is 38.2. The maximum Gasteiger partial charge on any atom is 0.164 e. The zero-order chi connectivity index (χ0) is 44.0. The minimum atomic E-state index is -0.546. The molecule has 66 heavy (non-hydrogen) atoms. The molecule has 2 aliphatic rings. The van der Waals surface area contributed by atoms with E-state index in [1.807, 2.05) is 18.2 Å². The summed E-state index contributed by atoms with van der Waals surface area (Å²) < 4.78 is 0. The van der Waals surface area contributed by atoms with Crippen molar-refractivity contribution >= 4 is 21.5 Å². The molecule has 11 aromatic rings. The van der Waals surface area contributed by atoms with Gasteiger partial charge in [-0.3, -0.25) is 0 Å². The van der Waals surface area contributed by atoms with E-state index in [0.717, 1.165) is 27.5 Å². The summed E-state index contributed by atoms with van der Waals surface area (Å²) in [5.74, 6) is 1.90. The Kier molecular flexibility index (Phi) is 8.47. The van der Waals surface area contributed by atoms with Crippen LogP contribution in [0, 0.1) is 0 Å². The third-order valence-corrected chi connectivity index (χ3v) is 14.4. The van der Waals surface area contributed by atoms with Gasteiger partial charge in [-0.15, -0.1) is 0 Å². The summed E-state index contributed by atoms with van der Waals surface area (Å²) in [5, 5.41) is 4.80. The predicted molar refractivity (Wildman–Crippen MR) is 271 cm³/mol. The Balaban J connectivity index is 1.00. The van der Waals surface area contributed by atoms with Crippen LogP contribution in [0.1, 0.15) is 47.2 Å². The zero-order valence-electron chi connectivity index (χ0n) is 36.7. The Hall–Kier alpha value is -8.27. The van der Waals surface area contributed by atoms with Gasteiger partial charge in [0.25, 0.3) is 0 Å². The largest absolute Gasteiger partial charge is 0.208 e. The second kappa shape index (κ2) is 14.6. The molecule has 0 bridgehead atoms. The minimum absolute atomic E-state index is 0.115. The molecule has 0 radical (unpaired) electrons. The standard InChI is InChI=1S/C63H43N3/c1-62(2)55-31-16-14-28-50(55)53-37-35-48-45(29-18-30-52(48)58(53)62)47-36-38-54(46-26-13-12-25-44(46)47)61-65-59(40-19-6-3-7-20-40)64-60(66-61)41-33-34-51-49-27-15-17-32-56(49)63(57(51)39-41,42-21-8-4-9-22-42)43-23-10-5-11-24-43/h3-39H,1-2H3. The summed E-state index contributed by atoms with van der Waals surface area (Å²) in [5.41, 5.74) is 17.4. The highest BCUT2D eigenvalue weighted by atomic mass is 15.0. The van der Waals surface area contributed by atoms with E-state index in [2.05, 4.69) is 220 Å². The molecule has 1 heterocycles. The minimum Gasteiger partial charge on any atom is -0.208 e. The average molecular weight is 842 g/mol. The van der Waals surface area contributed by atoms with Gasteiger partial charge in [0.2, 0.25) is 0 Å². The number of rotatable bonds is 6. The van der Waals surface area contributed by atoms with Crippen LogP contribution in [-0.4, -0.2) is 15.0 Å². The molecule has 3 heteroatoms. The lowest BCUT2D eigenvalue weighted by Gasteiger charge is -2.34. The number of fused-ring (bicyclic) bond motifs is 9. The van der Waals surface area contributed by atoms with Gasteiger partial charge in [0.15, 0.2) is 17.5 Å². The van der Waals surface area contributed by atoms with Crippen molar-refractivity contribution in [2.24, 2.45) is 0 Å². The van der Waals surface area contributed by atoms with E-state index in [1.165, 1.54) is 77.5 Å². The van der Waals surface area contributed by atoms with Crippen LogP contribution in [0.5, 0.6) is 0 Å². The fourth-order valence-corrected chi connectivity index (χ4v) is 11.5. The SMILES string of the molecule is CC1(C)c2ccccc2-c2ccc3c(-c4ccc(-c5nc(-c6ccccc6)nc(-c6ccc7c(c6)C(c6ccccc6)(c6ccccc6)c6ccccc6-7)n5)c5ccccc45)cccc3c21. The third-order valence-electron chi connectivity index (χ3n) is 14.4. The van der Waals surface area contributed by atoms with E-state index in [1.54, 1.807) is 0 Å². The van der Waals surface area contributed by atoms with Crippen molar-refractivity contribution < 1.29 is 0 Å². The molecule has 2 aliphatic carbocycles. The average Bonchev–Trinajstić information content (AvgIpc) is 3.82. The second-order valence-electron chi connectivity index (χ2n) is 18.2. The molecule has 0 spiro atoms. The quantitative estimate of drug-likeness (QED) is 0.167. The topological polar surface area (TPSA) is 38.7 Å². The normalized spacial score (nSPS) is 13.8. The summed E-state index contributed by atoms with van der Waals surface area (Å²) in [6.07, 6.45) is 0. The third kappa shape index (κ3) is 5.53. The molecule has 0 unspecified atom stereocenters. The van der Waals surface area contributed by atoms with Gasteiger partial charge in [0.1, 0.15) is 0 Å². The van der Waals surface area contributed by atoms with Gasteiger partial charge in [-0.1, -0.05) is 226 Å². The maximum atomic E-state index is 5.42. The van der Waals surface area contributed by atoms with Gasteiger partial charge >= 0.3 is 0 Å². The Bertz CT molecular complexity index is 3680. The first-order valence-electron chi connectivity index (χ1n) is 22.9. The molecule has 0 atom stereocenters. The van der Waals surface area contributed by atoms with Crippen molar-refractivity contribution in [1.82, 2.24) is 15.0 Å². The zero-order valence-corrected chi connectivity index (χ0v) is 36.7. The molecule has 3 nitrogen and oxygen atoms in total. The molecule has 0 amide bonds. The summed E-state index contributed by atoms with van der Waals surface area (Å²) in [6, 6.07) is 81.3. The van der Waals surface area contributed by atoms with Gasteiger partial charge in [0, 0.05) is 22.1 Å². The molecule has 0 fully saturated rings. The van der Waals surface area contributed by atoms with Crippen molar-refractivity contribution in [1.29, 1.82) is 0 Å². The smallest absolute Gasteiger partial charge is 0.164 e. The van der Waals surface area contributed by atoms with Crippen LogP contribution < -0.4 is 0 Å². The van der Waals surface area contributed by atoms with Gasteiger partial charge in [-0.2, -0.15) is 0 Å². The fraction of sp³-hybridized carbons (Fsp3) is 0.0635. The predicted octanol–water partition coefficient (Wildman–Crippen LogP) is 15.5. The molecule has 310 valence electrons. The molecular formula is C63H43N3. The lowest BCUT2D eigenvalue weighted by Crippen LogP contribution is -2.28. The highest BCUT2D eigenvalue weighted by Gasteiger charge is 2.46. The van der Waals surface area contributed by atoms with E-state index >= 15 is 0 Å². The van der Waals surface area contributed by atoms with Gasteiger partial charge in [-0.25, -0.2) is 15.0 Å². The monoisotopic (exact) mass is 841 g/mol.